The Labute approximate surface area is 103 Å². The van der Waals surface area contributed by atoms with Crippen molar-refractivity contribution in [2.24, 2.45) is 0 Å². The lowest BCUT2D eigenvalue weighted by molar-refractivity contribution is 0.200. The average Bonchev–Trinajstić information content (AvgIpc) is 2.64. The first kappa shape index (κ1) is 12.6. The molecule has 2 heterocycles. The zero-order chi connectivity index (χ0) is 12.6. The minimum absolute atomic E-state index is 0.181. The van der Waals surface area contributed by atoms with E-state index in [1.807, 2.05) is 6.20 Å². The zero-order valence-corrected chi connectivity index (χ0v) is 11.3. The summed E-state index contributed by atoms with van der Waals surface area (Å²) in [5, 5.41) is 0. The normalized spacial score (nSPS) is 18.6. The summed E-state index contributed by atoms with van der Waals surface area (Å²) in [6.45, 7) is 7.02. The van der Waals surface area contributed by atoms with Gasteiger partial charge in [0.2, 0.25) is 10.0 Å². The fraction of sp³-hybridized carbons (Fsp3) is 0.727. The van der Waals surface area contributed by atoms with E-state index in [0.717, 1.165) is 5.82 Å². The maximum atomic E-state index is 11.6. The van der Waals surface area contributed by atoms with Gasteiger partial charge in [-0.1, -0.05) is 13.8 Å². The fourth-order valence-corrected chi connectivity index (χ4v) is 3.25. The Bertz CT molecular complexity index is 487. The lowest BCUT2D eigenvalue weighted by atomic mass is 10.1. The van der Waals surface area contributed by atoms with Gasteiger partial charge in [0.15, 0.2) is 0 Å². The minimum atomic E-state index is -3.02. The second kappa shape index (κ2) is 4.42. The largest absolute Gasteiger partial charge is 0.329 e. The van der Waals surface area contributed by atoms with Crippen molar-refractivity contribution >= 4 is 10.0 Å². The average molecular weight is 257 g/mol. The van der Waals surface area contributed by atoms with Crippen molar-refractivity contribution in [1.29, 1.82) is 0 Å². The molecule has 1 saturated heterocycles. The third-order valence-corrected chi connectivity index (χ3v) is 5.01. The molecule has 1 aliphatic heterocycles. The second-order valence-electron chi connectivity index (χ2n) is 4.72. The van der Waals surface area contributed by atoms with E-state index in [2.05, 4.69) is 23.4 Å². The van der Waals surface area contributed by atoms with Crippen molar-refractivity contribution in [2.75, 3.05) is 18.8 Å². The Morgan fingerprint density at radius 2 is 2.12 bits per heavy atom. The molecule has 0 amide bonds. The Kier molecular flexibility index (Phi) is 3.27. The molecule has 0 N–H and O–H groups in total. The standard InChI is InChI=1S/C11H19N3O2S/c1-4-17(15,16)13-7-10(8-13)14-6-5-12-11(14)9(2)3/h5-6,9-10H,4,7-8H2,1-3H3. The summed E-state index contributed by atoms with van der Waals surface area (Å²) in [6, 6.07) is 0.247. The van der Waals surface area contributed by atoms with Crippen LogP contribution in [0.4, 0.5) is 0 Å². The van der Waals surface area contributed by atoms with E-state index in [-0.39, 0.29) is 11.8 Å². The lowest BCUT2D eigenvalue weighted by Gasteiger charge is -2.39. The van der Waals surface area contributed by atoms with Crippen LogP contribution in [-0.4, -0.2) is 41.1 Å². The van der Waals surface area contributed by atoms with Crippen molar-refractivity contribution in [3.63, 3.8) is 0 Å². The molecule has 17 heavy (non-hydrogen) atoms. The van der Waals surface area contributed by atoms with Crippen LogP contribution in [0.25, 0.3) is 0 Å². The molecule has 0 bridgehead atoms. The monoisotopic (exact) mass is 257 g/mol. The van der Waals surface area contributed by atoms with Gasteiger partial charge in [0, 0.05) is 31.4 Å². The number of rotatable bonds is 4. The minimum Gasteiger partial charge on any atom is -0.329 e. The molecular formula is C11H19N3O2S. The van der Waals surface area contributed by atoms with Gasteiger partial charge < -0.3 is 4.57 Å². The fourth-order valence-electron chi connectivity index (χ4n) is 2.08. The highest BCUT2D eigenvalue weighted by Gasteiger charge is 2.36. The van der Waals surface area contributed by atoms with Crippen molar-refractivity contribution in [3.8, 4) is 0 Å². The highest BCUT2D eigenvalue weighted by atomic mass is 32.2. The molecule has 0 saturated carbocycles. The van der Waals surface area contributed by atoms with E-state index in [4.69, 9.17) is 0 Å². The molecule has 1 aromatic heterocycles. The van der Waals surface area contributed by atoms with Crippen LogP contribution in [0.1, 0.15) is 38.6 Å². The number of sulfonamides is 1. The summed E-state index contributed by atoms with van der Waals surface area (Å²) in [6.07, 6.45) is 3.72. The number of nitrogens with zero attached hydrogens (tertiary/aromatic N) is 3. The lowest BCUT2D eigenvalue weighted by Crippen LogP contribution is -2.51. The van der Waals surface area contributed by atoms with Gasteiger partial charge in [-0.3, -0.25) is 0 Å². The van der Waals surface area contributed by atoms with Crippen LogP contribution in [0, 0.1) is 0 Å². The molecule has 0 aromatic carbocycles. The molecule has 0 unspecified atom stereocenters. The summed E-state index contributed by atoms with van der Waals surface area (Å²) >= 11 is 0. The van der Waals surface area contributed by atoms with E-state index < -0.39 is 10.0 Å². The van der Waals surface area contributed by atoms with Crippen LogP contribution in [0.5, 0.6) is 0 Å². The zero-order valence-electron chi connectivity index (χ0n) is 10.5. The summed E-state index contributed by atoms with van der Waals surface area (Å²) in [5.74, 6) is 1.58. The topological polar surface area (TPSA) is 55.2 Å². The van der Waals surface area contributed by atoms with E-state index in [1.165, 1.54) is 0 Å². The molecule has 1 aliphatic rings. The predicted molar refractivity (Wildman–Crippen MR) is 66.4 cm³/mol. The molecular weight excluding hydrogens is 238 g/mol. The van der Waals surface area contributed by atoms with Crippen LogP contribution < -0.4 is 0 Å². The molecule has 2 rings (SSSR count). The molecule has 1 aromatic rings. The van der Waals surface area contributed by atoms with E-state index >= 15 is 0 Å². The SMILES string of the molecule is CCS(=O)(=O)N1CC(n2ccnc2C(C)C)C1. The molecule has 0 aliphatic carbocycles. The first-order chi connectivity index (χ1) is 7.95. The van der Waals surface area contributed by atoms with Crippen LogP contribution in [-0.2, 0) is 10.0 Å². The molecule has 0 spiro atoms. The maximum absolute atomic E-state index is 11.6. The quantitative estimate of drug-likeness (QED) is 0.814. The Balaban J connectivity index is 2.07. The Morgan fingerprint density at radius 1 is 1.47 bits per heavy atom. The van der Waals surface area contributed by atoms with Gasteiger partial charge in [-0.15, -0.1) is 0 Å². The maximum Gasteiger partial charge on any atom is 0.213 e. The molecule has 0 radical (unpaired) electrons. The summed E-state index contributed by atoms with van der Waals surface area (Å²) < 4.78 is 26.9. The van der Waals surface area contributed by atoms with Gasteiger partial charge in [-0.2, -0.15) is 4.31 Å². The molecule has 6 heteroatoms. The third-order valence-electron chi connectivity index (χ3n) is 3.20. The van der Waals surface area contributed by atoms with Crippen LogP contribution in [0.2, 0.25) is 0 Å². The summed E-state index contributed by atoms with van der Waals surface area (Å²) in [4.78, 5) is 4.32. The first-order valence-corrected chi connectivity index (χ1v) is 7.57. The van der Waals surface area contributed by atoms with Gasteiger partial charge >= 0.3 is 0 Å². The Hall–Kier alpha value is -0.880. The van der Waals surface area contributed by atoms with Crippen molar-refractivity contribution in [1.82, 2.24) is 13.9 Å². The van der Waals surface area contributed by atoms with E-state index in [0.29, 0.717) is 19.0 Å². The number of aromatic nitrogens is 2. The van der Waals surface area contributed by atoms with Crippen molar-refractivity contribution < 1.29 is 8.42 Å². The van der Waals surface area contributed by atoms with Crippen LogP contribution >= 0.6 is 0 Å². The van der Waals surface area contributed by atoms with Crippen LogP contribution in [0.15, 0.2) is 12.4 Å². The smallest absolute Gasteiger partial charge is 0.213 e. The predicted octanol–water partition coefficient (Wildman–Crippen LogP) is 1.21. The van der Waals surface area contributed by atoms with Gasteiger partial charge in [-0.05, 0) is 6.92 Å². The van der Waals surface area contributed by atoms with E-state index in [1.54, 1.807) is 17.4 Å². The second-order valence-corrected chi connectivity index (χ2v) is 6.98. The van der Waals surface area contributed by atoms with Crippen LogP contribution in [0.3, 0.4) is 0 Å². The third kappa shape index (κ3) is 2.24. The summed E-state index contributed by atoms with van der Waals surface area (Å²) in [7, 11) is -3.02. The molecule has 96 valence electrons. The summed E-state index contributed by atoms with van der Waals surface area (Å²) in [5.41, 5.74) is 0. The highest BCUT2D eigenvalue weighted by Crippen LogP contribution is 2.27. The highest BCUT2D eigenvalue weighted by molar-refractivity contribution is 7.89. The van der Waals surface area contributed by atoms with Gasteiger partial charge in [0.1, 0.15) is 5.82 Å². The molecule has 5 nitrogen and oxygen atoms in total. The van der Waals surface area contributed by atoms with Crippen molar-refractivity contribution in [3.05, 3.63) is 18.2 Å². The van der Waals surface area contributed by atoms with E-state index in [9.17, 15) is 8.42 Å². The molecule has 1 fully saturated rings. The first-order valence-electron chi connectivity index (χ1n) is 5.96. The number of hydrogen-bond acceptors (Lipinski definition) is 3. The number of imidazole rings is 1. The Morgan fingerprint density at radius 3 is 2.65 bits per heavy atom. The number of hydrogen-bond donors (Lipinski definition) is 0. The van der Waals surface area contributed by atoms with Gasteiger partial charge in [0.05, 0.1) is 11.8 Å². The van der Waals surface area contributed by atoms with Crippen molar-refractivity contribution in [2.45, 2.75) is 32.7 Å². The van der Waals surface area contributed by atoms with Gasteiger partial charge in [-0.25, -0.2) is 13.4 Å². The van der Waals surface area contributed by atoms with Gasteiger partial charge in [0.25, 0.3) is 0 Å². The molecule has 0 atom stereocenters.